The van der Waals surface area contributed by atoms with Gasteiger partial charge in [0.05, 0.1) is 0 Å². The second kappa shape index (κ2) is 4.11. The van der Waals surface area contributed by atoms with Crippen molar-refractivity contribution in [3.05, 3.63) is 35.9 Å². The summed E-state index contributed by atoms with van der Waals surface area (Å²) >= 11 is 0. The predicted octanol–water partition coefficient (Wildman–Crippen LogP) is 1.12. The Hall–Kier alpha value is -0.860. The molecule has 1 heterocycles. The smallest absolute Gasteiger partial charge is 0.0211 e. The molecule has 1 aromatic carbocycles. The van der Waals surface area contributed by atoms with Crippen LogP contribution in [0.4, 0.5) is 0 Å². The molecule has 2 atom stereocenters. The minimum atomic E-state index is 0.347. The first kappa shape index (κ1) is 9.69. The number of hydrogen-bond acceptors (Lipinski definition) is 2. The molecule has 0 bridgehead atoms. The highest BCUT2D eigenvalue weighted by atomic mass is 15.1. The highest BCUT2D eigenvalue weighted by Crippen LogP contribution is 2.18. The quantitative estimate of drug-likeness (QED) is 0.757. The zero-order valence-corrected chi connectivity index (χ0v) is 8.69. The minimum Gasteiger partial charge on any atom is -0.326 e. The highest BCUT2D eigenvalue weighted by molar-refractivity contribution is 5.16. The van der Waals surface area contributed by atoms with Gasteiger partial charge in [0.15, 0.2) is 0 Å². The molecule has 1 aliphatic heterocycles. The lowest BCUT2D eigenvalue weighted by Crippen LogP contribution is -2.30. The maximum atomic E-state index is 6.08. The van der Waals surface area contributed by atoms with E-state index in [0.29, 0.717) is 12.0 Å². The van der Waals surface area contributed by atoms with Crippen LogP contribution < -0.4 is 5.73 Å². The van der Waals surface area contributed by atoms with E-state index in [0.717, 1.165) is 19.5 Å². The maximum Gasteiger partial charge on any atom is 0.0211 e. The van der Waals surface area contributed by atoms with Gasteiger partial charge in [-0.25, -0.2) is 0 Å². The summed E-state index contributed by atoms with van der Waals surface area (Å²) in [7, 11) is 2.14. The number of nitrogens with two attached hydrogens (primary N) is 1. The summed E-state index contributed by atoms with van der Waals surface area (Å²) in [4.78, 5) is 2.32. The van der Waals surface area contributed by atoms with E-state index in [9.17, 15) is 0 Å². The van der Waals surface area contributed by atoms with Gasteiger partial charge in [-0.2, -0.15) is 0 Å². The number of likely N-dealkylation sites (tertiary alicyclic amines) is 1. The number of rotatable bonds is 2. The second-order valence-electron chi connectivity index (χ2n) is 4.33. The van der Waals surface area contributed by atoms with Crippen LogP contribution in [-0.2, 0) is 6.42 Å². The molecular weight excluding hydrogens is 172 g/mol. The van der Waals surface area contributed by atoms with Gasteiger partial charge in [0.2, 0.25) is 0 Å². The van der Waals surface area contributed by atoms with E-state index in [1.165, 1.54) is 5.56 Å². The van der Waals surface area contributed by atoms with Crippen molar-refractivity contribution in [2.45, 2.75) is 12.5 Å². The first-order valence-corrected chi connectivity index (χ1v) is 5.24. The maximum absolute atomic E-state index is 6.08. The van der Waals surface area contributed by atoms with E-state index in [4.69, 9.17) is 5.73 Å². The number of likely N-dealkylation sites (N-methyl/N-ethyl adjacent to an activating group) is 1. The summed E-state index contributed by atoms with van der Waals surface area (Å²) in [5.74, 6) is 0.627. The molecule has 2 rings (SSSR count). The van der Waals surface area contributed by atoms with Crippen molar-refractivity contribution in [2.75, 3.05) is 20.1 Å². The topological polar surface area (TPSA) is 29.3 Å². The van der Waals surface area contributed by atoms with Gasteiger partial charge in [0.1, 0.15) is 0 Å². The Kier molecular flexibility index (Phi) is 2.85. The Morgan fingerprint density at radius 2 is 2.00 bits per heavy atom. The van der Waals surface area contributed by atoms with Gasteiger partial charge in [-0.1, -0.05) is 30.3 Å². The van der Waals surface area contributed by atoms with Gasteiger partial charge in [-0.3, -0.25) is 0 Å². The molecule has 2 heteroatoms. The van der Waals surface area contributed by atoms with Crippen molar-refractivity contribution < 1.29 is 0 Å². The average Bonchev–Trinajstić information content (AvgIpc) is 2.47. The number of benzene rings is 1. The number of hydrogen-bond donors (Lipinski definition) is 1. The van der Waals surface area contributed by atoms with Crippen molar-refractivity contribution >= 4 is 0 Å². The molecular formula is C12H18N2. The van der Waals surface area contributed by atoms with Gasteiger partial charge >= 0.3 is 0 Å². The Bertz CT molecular complexity index is 284. The molecule has 0 aromatic heterocycles. The van der Waals surface area contributed by atoms with Crippen LogP contribution in [0.3, 0.4) is 0 Å². The summed E-state index contributed by atoms with van der Waals surface area (Å²) in [6.07, 6.45) is 1.12. The number of nitrogens with zero attached hydrogens (tertiary/aromatic N) is 1. The van der Waals surface area contributed by atoms with Crippen LogP contribution in [-0.4, -0.2) is 31.1 Å². The molecule has 0 aliphatic carbocycles. The Morgan fingerprint density at radius 1 is 1.29 bits per heavy atom. The van der Waals surface area contributed by atoms with Crippen LogP contribution >= 0.6 is 0 Å². The second-order valence-corrected chi connectivity index (χ2v) is 4.33. The van der Waals surface area contributed by atoms with Gasteiger partial charge in [-0.05, 0) is 24.9 Å². The normalized spacial score (nSPS) is 28.1. The standard InChI is InChI=1S/C12H18N2/c1-14-8-11(12(13)9-14)7-10-5-3-2-4-6-10/h2-6,11-12H,7-9,13H2,1H3. The van der Waals surface area contributed by atoms with Gasteiger partial charge in [0.25, 0.3) is 0 Å². The zero-order chi connectivity index (χ0) is 9.97. The Balaban J connectivity index is 1.98. The molecule has 1 fully saturated rings. The van der Waals surface area contributed by atoms with Gasteiger partial charge in [0, 0.05) is 19.1 Å². The lowest BCUT2D eigenvalue weighted by atomic mass is 9.96. The molecule has 76 valence electrons. The molecule has 1 aromatic rings. The first-order chi connectivity index (χ1) is 6.75. The van der Waals surface area contributed by atoms with Crippen molar-refractivity contribution in [3.8, 4) is 0 Å². The molecule has 0 amide bonds. The summed E-state index contributed by atoms with van der Waals surface area (Å²) in [6.45, 7) is 2.17. The first-order valence-electron chi connectivity index (χ1n) is 5.24. The van der Waals surface area contributed by atoms with Gasteiger partial charge in [-0.15, -0.1) is 0 Å². The van der Waals surface area contributed by atoms with Crippen LogP contribution in [0.25, 0.3) is 0 Å². The Morgan fingerprint density at radius 3 is 2.57 bits per heavy atom. The summed E-state index contributed by atoms with van der Waals surface area (Å²) < 4.78 is 0. The van der Waals surface area contributed by atoms with Crippen LogP contribution in [0.1, 0.15) is 5.56 Å². The molecule has 14 heavy (non-hydrogen) atoms. The molecule has 0 radical (unpaired) electrons. The van der Waals surface area contributed by atoms with Crippen molar-refractivity contribution in [2.24, 2.45) is 11.7 Å². The van der Waals surface area contributed by atoms with E-state index in [1.54, 1.807) is 0 Å². The molecule has 2 N–H and O–H groups in total. The van der Waals surface area contributed by atoms with E-state index in [-0.39, 0.29) is 0 Å². The third kappa shape index (κ3) is 2.14. The van der Waals surface area contributed by atoms with Crippen LogP contribution in [0, 0.1) is 5.92 Å². The van der Waals surface area contributed by atoms with E-state index in [2.05, 4.69) is 42.3 Å². The predicted molar refractivity (Wildman–Crippen MR) is 59.1 cm³/mol. The van der Waals surface area contributed by atoms with Crippen molar-refractivity contribution in [1.82, 2.24) is 4.90 Å². The summed E-state index contributed by atoms with van der Waals surface area (Å²) in [5.41, 5.74) is 7.48. The van der Waals surface area contributed by atoms with Crippen molar-refractivity contribution in [3.63, 3.8) is 0 Å². The fourth-order valence-corrected chi connectivity index (χ4v) is 2.25. The zero-order valence-electron chi connectivity index (χ0n) is 8.69. The lowest BCUT2D eigenvalue weighted by molar-refractivity contribution is 0.394. The molecule has 2 nitrogen and oxygen atoms in total. The van der Waals surface area contributed by atoms with Crippen LogP contribution in [0.15, 0.2) is 30.3 Å². The van der Waals surface area contributed by atoms with Crippen LogP contribution in [0.2, 0.25) is 0 Å². The highest BCUT2D eigenvalue weighted by Gasteiger charge is 2.27. The molecule has 1 aliphatic rings. The summed E-state index contributed by atoms with van der Waals surface area (Å²) in [6, 6.07) is 11.0. The third-order valence-corrected chi connectivity index (χ3v) is 3.01. The SMILES string of the molecule is CN1CC(N)C(Cc2ccccc2)C1. The Labute approximate surface area is 85.7 Å². The van der Waals surface area contributed by atoms with Crippen LogP contribution in [0.5, 0.6) is 0 Å². The third-order valence-electron chi connectivity index (χ3n) is 3.01. The molecule has 0 saturated carbocycles. The van der Waals surface area contributed by atoms with E-state index < -0.39 is 0 Å². The summed E-state index contributed by atoms with van der Waals surface area (Å²) in [5, 5.41) is 0. The molecule has 0 spiro atoms. The van der Waals surface area contributed by atoms with Crippen molar-refractivity contribution in [1.29, 1.82) is 0 Å². The monoisotopic (exact) mass is 190 g/mol. The molecule has 1 saturated heterocycles. The fraction of sp³-hybridized carbons (Fsp3) is 0.500. The largest absolute Gasteiger partial charge is 0.326 e. The molecule has 2 unspecified atom stereocenters. The van der Waals surface area contributed by atoms with Gasteiger partial charge < -0.3 is 10.6 Å². The van der Waals surface area contributed by atoms with E-state index >= 15 is 0 Å². The average molecular weight is 190 g/mol. The lowest BCUT2D eigenvalue weighted by Gasteiger charge is -2.13. The fourth-order valence-electron chi connectivity index (χ4n) is 2.25. The van der Waals surface area contributed by atoms with E-state index in [1.807, 2.05) is 0 Å². The minimum absolute atomic E-state index is 0.347.